The third kappa shape index (κ3) is 4.05. The minimum absolute atomic E-state index is 0.0308. The van der Waals surface area contributed by atoms with Gasteiger partial charge >= 0.3 is 0 Å². The molecule has 0 saturated carbocycles. The van der Waals surface area contributed by atoms with E-state index in [0.717, 1.165) is 0 Å². The Morgan fingerprint density at radius 3 is 2.84 bits per heavy atom. The predicted octanol–water partition coefficient (Wildman–Crippen LogP) is 2.08. The lowest BCUT2D eigenvalue weighted by Gasteiger charge is -2.25. The maximum absolute atomic E-state index is 12.4. The Morgan fingerprint density at radius 2 is 2.10 bits per heavy atom. The summed E-state index contributed by atoms with van der Waals surface area (Å²) in [6, 6.07) is 4.76. The average Bonchev–Trinajstić information content (AvgIpc) is 3.17. The number of carbonyl (C=O) groups excluding carboxylic acids is 1. The van der Waals surface area contributed by atoms with Crippen molar-refractivity contribution >= 4 is 32.6 Å². The van der Waals surface area contributed by atoms with Gasteiger partial charge in [0.25, 0.3) is 5.91 Å². The molecule has 0 fully saturated rings. The molecule has 164 valence electrons. The summed E-state index contributed by atoms with van der Waals surface area (Å²) in [4.78, 5) is 28.2. The van der Waals surface area contributed by atoms with Gasteiger partial charge in [0.15, 0.2) is 10.8 Å². The van der Waals surface area contributed by atoms with E-state index in [4.69, 9.17) is 4.74 Å². The number of fused-ring (bicyclic) bond motifs is 2. The summed E-state index contributed by atoms with van der Waals surface area (Å²) in [6.45, 7) is 6.48. The lowest BCUT2D eigenvalue weighted by Crippen LogP contribution is -2.25. The number of carbonyl (C=O) groups is 1. The van der Waals surface area contributed by atoms with Crippen LogP contribution in [-0.4, -0.2) is 53.2 Å². The maximum atomic E-state index is 12.4. The second kappa shape index (κ2) is 8.14. The highest BCUT2D eigenvalue weighted by Crippen LogP contribution is 2.33. The molecule has 11 heteroatoms. The number of hydrogen-bond acceptors (Lipinski definition) is 8. The molecular formula is C20H24N6O4S. The third-order valence-corrected chi connectivity index (χ3v) is 6.62. The lowest BCUT2D eigenvalue weighted by molar-refractivity contribution is 0.0951. The van der Waals surface area contributed by atoms with Crippen LogP contribution in [0.25, 0.3) is 11.0 Å². The summed E-state index contributed by atoms with van der Waals surface area (Å²) >= 11 is 0. The van der Waals surface area contributed by atoms with Gasteiger partial charge in [-0.25, -0.2) is 23.4 Å². The molecule has 1 aliphatic rings. The molecule has 10 nitrogen and oxygen atoms in total. The first-order valence-corrected chi connectivity index (χ1v) is 11.7. The quantitative estimate of drug-likeness (QED) is 0.525. The van der Waals surface area contributed by atoms with Gasteiger partial charge in [-0.05, 0) is 31.0 Å². The maximum Gasteiger partial charge on any atom is 0.267 e. The van der Waals surface area contributed by atoms with Crippen LogP contribution in [0.4, 0.5) is 5.82 Å². The number of amides is 1. The normalized spacial score (nSPS) is 15.9. The van der Waals surface area contributed by atoms with Crippen LogP contribution in [0, 0.1) is 5.92 Å². The van der Waals surface area contributed by atoms with Gasteiger partial charge in [0, 0.05) is 6.54 Å². The van der Waals surface area contributed by atoms with Crippen molar-refractivity contribution in [2.24, 2.45) is 5.92 Å². The Bertz CT molecular complexity index is 1240. The van der Waals surface area contributed by atoms with Gasteiger partial charge in [0.2, 0.25) is 9.84 Å². The van der Waals surface area contributed by atoms with E-state index in [-0.39, 0.29) is 41.0 Å². The highest BCUT2D eigenvalue weighted by Gasteiger charge is 2.29. The van der Waals surface area contributed by atoms with Crippen molar-refractivity contribution < 1.29 is 17.9 Å². The topological polar surface area (TPSA) is 139 Å². The van der Waals surface area contributed by atoms with Gasteiger partial charge in [0.1, 0.15) is 30.1 Å². The van der Waals surface area contributed by atoms with E-state index in [1.54, 1.807) is 18.2 Å². The number of anilines is 1. The molecule has 31 heavy (non-hydrogen) atoms. The Morgan fingerprint density at radius 1 is 1.29 bits per heavy atom. The molecule has 3 aromatic heterocycles. The van der Waals surface area contributed by atoms with Crippen LogP contribution in [0.1, 0.15) is 43.0 Å². The number of pyridine rings is 1. The van der Waals surface area contributed by atoms with E-state index in [9.17, 15) is 13.2 Å². The Kier molecular flexibility index (Phi) is 5.52. The largest absolute Gasteiger partial charge is 0.489 e. The van der Waals surface area contributed by atoms with Gasteiger partial charge in [-0.1, -0.05) is 13.8 Å². The molecule has 0 aliphatic carbocycles. The number of hydrogen-bond donors (Lipinski definition) is 3. The highest BCUT2D eigenvalue weighted by atomic mass is 32.2. The summed E-state index contributed by atoms with van der Waals surface area (Å²) in [5, 5.41) is 6.73. The van der Waals surface area contributed by atoms with Gasteiger partial charge < -0.3 is 20.4 Å². The van der Waals surface area contributed by atoms with Gasteiger partial charge in [-0.15, -0.1) is 0 Å². The van der Waals surface area contributed by atoms with Crippen molar-refractivity contribution in [2.45, 2.75) is 31.8 Å². The van der Waals surface area contributed by atoms with E-state index in [1.165, 1.54) is 6.33 Å². The fourth-order valence-electron chi connectivity index (χ4n) is 3.47. The molecule has 4 rings (SSSR count). The zero-order valence-corrected chi connectivity index (χ0v) is 18.3. The lowest BCUT2D eigenvalue weighted by atomic mass is 10.00. The molecule has 4 heterocycles. The Balaban J connectivity index is 1.72. The van der Waals surface area contributed by atoms with Crippen molar-refractivity contribution in [3.05, 3.63) is 35.9 Å². The third-order valence-electron chi connectivity index (χ3n) is 5.04. The second-order valence-electron chi connectivity index (χ2n) is 7.60. The first-order valence-electron chi connectivity index (χ1n) is 10.0. The number of H-pyrrole nitrogens is 1. The van der Waals surface area contributed by atoms with E-state index >= 15 is 0 Å². The number of nitrogens with one attached hydrogen (secondary N) is 3. The molecular weight excluding hydrogens is 420 g/mol. The molecule has 0 unspecified atom stereocenters. The van der Waals surface area contributed by atoms with Crippen molar-refractivity contribution in [2.75, 3.05) is 24.2 Å². The predicted molar refractivity (Wildman–Crippen MR) is 115 cm³/mol. The van der Waals surface area contributed by atoms with Crippen LogP contribution < -0.4 is 15.4 Å². The summed E-state index contributed by atoms with van der Waals surface area (Å²) in [5.74, 6) is 0.542. The molecule has 0 radical (unpaired) electrons. The monoisotopic (exact) mass is 444 g/mol. The number of sulfone groups is 1. The number of nitrogens with zero attached hydrogens (tertiary/aromatic N) is 3. The van der Waals surface area contributed by atoms with E-state index in [1.807, 2.05) is 20.8 Å². The van der Waals surface area contributed by atoms with Crippen molar-refractivity contribution in [1.29, 1.82) is 0 Å². The molecule has 0 aromatic carbocycles. The van der Waals surface area contributed by atoms with E-state index in [2.05, 4.69) is 30.6 Å². The second-order valence-corrected chi connectivity index (χ2v) is 9.62. The van der Waals surface area contributed by atoms with E-state index < -0.39 is 9.84 Å². The zero-order valence-electron chi connectivity index (χ0n) is 17.5. The number of aromatic amines is 1. The van der Waals surface area contributed by atoms with Gasteiger partial charge in [0.05, 0.1) is 22.9 Å². The average molecular weight is 445 g/mol. The molecule has 1 amide bonds. The highest BCUT2D eigenvalue weighted by molar-refractivity contribution is 7.91. The molecule has 0 spiro atoms. The van der Waals surface area contributed by atoms with Crippen LogP contribution in [0.15, 0.2) is 29.6 Å². The van der Waals surface area contributed by atoms with Crippen LogP contribution in [0.5, 0.6) is 5.75 Å². The smallest absolute Gasteiger partial charge is 0.267 e. The first kappa shape index (κ1) is 21.0. The SMILES string of the molecule is CCNC(=O)c1cc2c(N[C@H](c3ccc4c(n3)S(=O)(=O)CCO4)C(C)C)ncnc2[nH]1. The van der Waals surface area contributed by atoms with Crippen LogP contribution in [0.2, 0.25) is 0 Å². The number of ether oxygens (including phenoxy) is 1. The van der Waals surface area contributed by atoms with Gasteiger partial charge in [-0.2, -0.15) is 0 Å². The zero-order chi connectivity index (χ0) is 22.2. The Labute approximate surface area is 179 Å². The van der Waals surface area contributed by atoms with Crippen LogP contribution in [0.3, 0.4) is 0 Å². The molecule has 3 N–H and O–H groups in total. The molecule has 0 bridgehead atoms. The van der Waals surface area contributed by atoms with Crippen LogP contribution in [-0.2, 0) is 9.84 Å². The number of aromatic nitrogens is 4. The molecule has 1 aliphatic heterocycles. The summed E-state index contributed by atoms with van der Waals surface area (Å²) in [6.07, 6.45) is 1.40. The number of rotatable bonds is 6. The summed E-state index contributed by atoms with van der Waals surface area (Å²) in [5.41, 5.74) is 1.47. The van der Waals surface area contributed by atoms with Crippen molar-refractivity contribution in [1.82, 2.24) is 25.3 Å². The minimum Gasteiger partial charge on any atom is -0.489 e. The fourth-order valence-corrected chi connectivity index (χ4v) is 4.64. The summed E-state index contributed by atoms with van der Waals surface area (Å²) < 4.78 is 30.3. The van der Waals surface area contributed by atoms with Crippen molar-refractivity contribution in [3.63, 3.8) is 0 Å². The van der Waals surface area contributed by atoms with Crippen LogP contribution >= 0.6 is 0 Å². The van der Waals surface area contributed by atoms with E-state index in [0.29, 0.717) is 34.8 Å². The van der Waals surface area contributed by atoms with Crippen molar-refractivity contribution in [3.8, 4) is 5.75 Å². The summed E-state index contributed by atoms with van der Waals surface area (Å²) in [7, 11) is -3.48. The molecule has 0 saturated heterocycles. The molecule has 1 atom stereocenters. The fraction of sp³-hybridized carbons (Fsp3) is 0.400. The minimum atomic E-state index is -3.48. The van der Waals surface area contributed by atoms with Gasteiger partial charge in [-0.3, -0.25) is 4.79 Å². The first-order chi connectivity index (χ1) is 14.8. The molecule has 3 aromatic rings. The Hall–Kier alpha value is -3.21. The standard InChI is InChI=1S/C20H24N6O4S/c1-4-21-19(27)14-9-12-17(24-14)22-10-23-18(12)26-16(11(2)3)13-5-6-15-20(25-13)31(28,29)8-7-30-15/h5-6,9-11,16H,4,7-8H2,1-3H3,(H,21,27)(H2,22,23,24,26)/t16-/m0/s1.